The fraction of sp³-hybridized carbons (Fsp3) is 0.800. The Kier molecular flexibility index (Phi) is 4.34. The minimum atomic E-state index is -0.988. The van der Waals surface area contributed by atoms with Gasteiger partial charge in [-0.1, -0.05) is 19.0 Å². The summed E-state index contributed by atoms with van der Waals surface area (Å²) in [7, 11) is 0. The van der Waals surface area contributed by atoms with E-state index >= 15 is 0 Å². The van der Waals surface area contributed by atoms with Crippen molar-refractivity contribution in [3.8, 4) is 0 Å². The molecular formula is C10H16N4O3. The number of amides is 1. The Morgan fingerprint density at radius 3 is 2.82 bits per heavy atom. The number of carbonyl (C=O) groups is 2. The number of hydrogen-bond acceptors (Lipinski definition) is 3. The van der Waals surface area contributed by atoms with Gasteiger partial charge in [-0.15, -0.1) is 0 Å². The second kappa shape index (κ2) is 5.54. The molecule has 17 heavy (non-hydrogen) atoms. The number of hydrogen-bond donors (Lipinski definition) is 1. The number of carboxylic acid groups (broad SMARTS) is 1. The molecule has 0 aromatic heterocycles. The molecule has 0 aliphatic carbocycles. The average molecular weight is 240 g/mol. The van der Waals surface area contributed by atoms with Gasteiger partial charge in [0.2, 0.25) is 5.91 Å². The minimum Gasteiger partial charge on any atom is -0.480 e. The summed E-state index contributed by atoms with van der Waals surface area (Å²) in [6.45, 7) is 4.13. The number of likely N-dealkylation sites (tertiary alicyclic amines) is 1. The standard InChI is InChI=1S/C10H16N4O3/c1-6(2)9(10(16)17)14-5-7(3-8(14)15)4-12-13-11/h6-7,9H,3-5H2,1-2H3,(H,16,17)/t7?,9-/m0/s1. The zero-order chi connectivity index (χ0) is 13.0. The molecule has 0 radical (unpaired) electrons. The Balaban J connectivity index is 2.74. The quantitative estimate of drug-likeness (QED) is 0.444. The molecule has 7 nitrogen and oxygen atoms in total. The maximum atomic E-state index is 11.7. The first kappa shape index (κ1) is 13.3. The van der Waals surface area contributed by atoms with Crippen molar-refractivity contribution in [3.05, 3.63) is 10.4 Å². The Morgan fingerprint density at radius 2 is 2.35 bits per heavy atom. The molecule has 0 bridgehead atoms. The van der Waals surface area contributed by atoms with Crippen LogP contribution in [0.4, 0.5) is 0 Å². The third kappa shape index (κ3) is 3.10. The van der Waals surface area contributed by atoms with E-state index in [4.69, 9.17) is 10.6 Å². The summed E-state index contributed by atoms with van der Waals surface area (Å²) in [6, 6.07) is -0.793. The van der Waals surface area contributed by atoms with E-state index in [0.29, 0.717) is 6.54 Å². The van der Waals surface area contributed by atoms with Gasteiger partial charge in [-0.2, -0.15) is 0 Å². The van der Waals surface area contributed by atoms with Crippen molar-refractivity contribution < 1.29 is 14.7 Å². The normalized spacial score (nSPS) is 21.5. The zero-order valence-corrected chi connectivity index (χ0v) is 9.91. The van der Waals surface area contributed by atoms with Crippen molar-refractivity contribution >= 4 is 11.9 Å². The second-order valence-corrected chi connectivity index (χ2v) is 4.56. The second-order valence-electron chi connectivity index (χ2n) is 4.56. The number of carboxylic acids is 1. The van der Waals surface area contributed by atoms with Gasteiger partial charge in [-0.3, -0.25) is 4.79 Å². The number of rotatable bonds is 5. The van der Waals surface area contributed by atoms with Gasteiger partial charge in [0.05, 0.1) is 0 Å². The SMILES string of the molecule is CC(C)[C@@H](C(=O)O)N1CC(CN=[N+]=[N-])CC1=O. The molecule has 1 heterocycles. The van der Waals surface area contributed by atoms with Crippen LogP contribution in [0.15, 0.2) is 5.11 Å². The first-order valence-corrected chi connectivity index (χ1v) is 5.50. The van der Waals surface area contributed by atoms with Crippen molar-refractivity contribution in [2.75, 3.05) is 13.1 Å². The van der Waals surface area contributed by atoms with Gasteiger partial charge >= 0.3 is 5.97 Å². The number of nitrogens with zero attached hydrogens (tertiary/aromatic N) is 4. The highest BCUT2D eigenvalue weighted by Gasteiger charge is 2.38. The zero-order valence-electron chi connectivity index (χ0n) is 9.91. The third-order valence-corrected chi connectivity index (χ3v) is 2.86. The van der Waals surface area contributed by atoms with Gasteiger partial charge in [-0.05, 0) is 17.4 Å². The molecule has 1 rings (SSSR count). The lowest BCUT2D eigenvalue weighted by atomic mass is 10.0. The summed E-state index contributed by atoms with van der Waals surface area (Å²) in [4.78, 5) is 26.9. The summed E-state index contributed by atoms with van der Waals surface area (Å²) < 4.78 is 0. The number of aliphatic carboxylic acids is 1. The van der Waals surface area contributed by atoms with Crippen molar-refractivity contribution in [1.82, 2.24) is 4.90 Å². The predicted octanol–water partition coefficient (Wildman–Crippen LogP) is 1.25. The van der Waals surface area contributed by atoms with Gasteiger partial charge in [0.1, 0.15) is 6.04 Å². The van der Waals surface area contributed by atoms with Gasteiger partial charge in [0, 0.05) is 24.4 Å². The molecule has 0 aromatic rings. The van der Waals surface area contributed by atoms with Gasteiger partial charge < -0.3 is 10.0 Å². The first-order valence-electron chi connectivity index (χ1n) is 5.50. The topological polar surface area (TPSA) is 106 Å². The van der Waals surface area contributed by atoms with E-state index in [9.17, 15) is 9.59 Å². The average Bonchev–Trinajstić information content (AvgIpc) is 2.56. The largest absolute Gasteiger partial charge is 0.480 e. The predicted molar refractivity (Wildman–Crippen MR) is 60.1 cm³/mol. The number of azide groups is 1. The molecule has 0 saturated carbocycles. The third-order valence-electron chi connectivity index (χ3n) is 2.86. The van der Waals surface area contributed by atoms with E-state index < -0.39 is 12.0 Å². The molecule has 7 heteroatoms. The highest BCUT2D eigenvalue weighted by Crippen LogP contribution is 2.24. The van der Waals surface area contributed by atoms with E-state index in [-0.39, 0.29) is 30.7 Å². The molecule has 94 valence electrons. The smallest absolute Gasteiger partial charge is 0.326 e. The van der Waals surface area contributed by atoms with Crippen LogP contribution < -0.4 is 0 Å². The summed E-state index contributed by atoms with van der Waals surface area (Å²) >= 11 is 0. The monoisotopic (exact) mass is 240 g/mol. The molecular weight excluding hydrogens is 224 g/mol. The molecule has 1 N–H and O–H groups in total. The van der Waals surface area contributed by atoms with E-state index in [1.807, 2.05) is 0 Å². The number of carbonyl (C=O) groups excluding carboxylic acids is 1. The Bertz CT molecular complexity index is 363. The fourth-order valence-corrected chi connectivity index (χ4v) is 2.13. The van der Waals surface area contributed by atoms with E-state index in [1.54, 1.807) is 13.8 Å². The van der Waals surface area contributed by atoms with Crippen LogP contribution in [0.2, 0.25) is 0 Å². The van der Waals surface area contributed by atoms with Crippen LogP contribution in [0.25, 0.3) is 10.4 Å². The summed E-state index contributed by atoms with van der Waals surface area (Å²) in [5, 5.41) is 12.5. The van der Waals surface area contributed by atoms with E-state index in [0.717, 1.165) is 0 Å². The van der Waals surface area contributed by atoms with Crippen LogP contribution in [0.1, 0.15) is 20.3 Å². The van der Waals surface area contributed by atoms with Crippen LogP contribution in [-0.4, -0.2) is 41.0 Å². The van der Waals surface area contributed by atoms with Crippen LogP contribution in [0.3, 0.4) is 0 Å². The van der Waals surface area contributed by atoms with Gasteiger partial charge in [-0.25, -0.2) is 4.79 Å². The Hall–Kier alpha value is -1.75. The molecule has 1 saturated heterocycles. The van der Waals surface area contributed by atoms with Crippen LogP contribution >= 0.6 is 0 Å². The summed E-state index contributed by atoms with van der Waals surface area (Å²) in [5.41, 5.74) is 8.21. The van der Waals surface area contributed by atoms with E-state index in [1.165, 1.54) is 4.90 Å². The Morgan fingerprint density at radius 1 is 1.71 bits per heavy atom. The molecule has 0 spiro atoms. The summed E-state index contributed by atoms with van der Waals surface area (Å²) in [6.07, 6.45) is 0.259. The van der Waals surface area contributed by atoms with Gasteiger partial charge in [0.15, 0.2) is 0 Å². The van der Waals surface area contributed by atoms with Gasteiger partial charge in [0.25, 0.3) is 0 Å². The molecule has 1 fully saturated rings. The highest BCUT2D eigenvalue weighted by atomic mass is 16.4. The molecule has 0 aromatic carbocycles. The fourth-order valence-electron chi connectivity index (χ4n) is 2.13. The Labute approximate surface area is 99.0 Å². The van der Waals surface area contributed by atoms with Crippen molar-refractivity contribution in [2.45, 2.75) is 26.3 Å². The summed E-state index contributed by atoms with van der Waals surface area (Å²) in [5.74, 6) is -1.38. The highest BCUT2D eigenvalue weighted by molar-refractivity contribution is 5.85. The molecule has 2 atom stereocenters. The van der Waals surface area contributed by atoms with Crippen molar-refractivity contribution in [3.63, 3.8) is 0 Å². The molecule has 1 amide bonds. The first-order chi connectivity index (χ1) is 7.97. The lowest BCUT2D eigenvalue weighted by Gasteiger charge is -2.27. The van der Waals surface area contributed by atoms with E-state index in [2.05, 4.69) is 10.0 Å². The molecule has 1 unspecified atom stereocenters. The van der Waals surface area contributed by atoms with Crippen molar-refractivity contribution in [2.24, 2.45) is 17.0 Å². The lowest BCUT2D eigenvalue weighted by molar-refractivity contribution is -0.150. The van der Waals surface area contributed by atoms with Crippen LogP contribution in [-0.2, 0) is 9.59 Å². The van der Waals surface area contributed by atoms with Crippen LogP contribution in [0, 0.1) is 11.8 Å². The van der Waals surface area contributed by atoms with Crippen molar-refractivity contribution in [1.29, 1.82) is 0 Å². The maximum absolute atomic E-state index is 11.7. The lowest BCUT2D eigenvalue weighted by Crippen LogP contribution is -2.45. The minimum absolute atomic E-state index is 0.0704. The molecule has 1 aliphatic rings. The van der Waals surface area contributed by atoms with Crippen LogP contribution in [0.5, 0.6) is 0 Å². The molecule has 1 aliphatic heterocycles. The maximum Gasteiger partial charge on any atom is 0.326 e.